The standard InChI is InChI=1S/C16H27N5/c1-2-7-17-12-15-5-6-16(19-18-15)21-10-8-20(9-11-21)13-14-3-4-14/h5-6,14,17H,2-4,7-13H2,1H3. The Morgan fingerprint density at radius 3 is 2.57 bits per heavy atom. The Bertz CT molecular complexity index is 421. The highest BCUT2D eigenvalue weighted by Gasteiger charge is 2.26. The lowest BCUT2D eigenvalue weighted by molar-refractivity contribution is 0.247. The van der Waals surface area contributed by atoms with Gasteiger partial charge in [0.15, 0.2) is 5.82 Å². The zero-order valence-electron chi connectivity index (χ0n) is 13.1. The first-order valence-corrected chi connectivity index (χ1v) is 8.36. The molecule has 1 aliphatic heterocycles. The molecule has 1 saturated carbocycles. The summed E-state index contributed by atoms with van der Waals surface area (Å²) in [6, 6.07) is 4.22. The van der Waals surface area contributed by atoms with Crippen LogP contribution in [0.25, 0.3) is 0 Å². The molecule has 0 amide bonds. The van der Waals surface area contributed by atoms with Crippen LogP contribution in [0.4, 0.5) is 5.82 Å². The molecule has 0 bridgehead atoms. The van der Waals surface area contributed by atoms with Crippen molar-refractivity contribution in [3.8, 4) is 0 Å². The maximum absolute atomic E-state index is 4.40. The van der Waals surface area contributed by atoms with E-state index in [2.05, 4.69) is 44.4 Å². The Kier molecular flexibility index (Phi) is 5.04. The van der Waals surface area contributed by atoms with Gasteiger partial charge in [-0.15, -0.1) is 5.10 Å². The van der Waals surface area contributed by atoms with Crippen LogP contribution < -0.4 is 10.2 Å². The highest BCUT2D eigenvalue weighted by molar-refractivity contribution is 5.37. The van der Waals surface area contributed by atoms with Gasteiger partial charge in [0.1, 0.15) is 0 Å². The van der Waals surface area contributed by atoms with E-state index in [1.807, 2.05) is 0 Å². The topological polar surface area (TPSA) is 44.3 Å². The fourth-order valence-corrected chi connectivity index (χ4v) is 2.83. The average molecular weight is 289 g/mol. The first kappa shape index (κ1) is 14.7. The molecule has 5 nitrogen and oxygen atoms in total. The van der Waals surface area contributed by atoms with Gasteiger partial charge in [0.2, 0.25) is 0 Å². The lowest BCUT2D eigenvalue weighted by Gasteiger charge is -2.35. The molecule has 2 fully saturated rings. The van der Waals surface area contributed by atoms with Crippen molar-refractivity contribution in [3.63, 3.8) is 0 Å². The van der Waals surface area contributed by atoms with E-state index in [0.29, 0.717) is 0 Å². The van der Waals surface area contributed by atoms with E-state index < -0.39 is 0 Å². The Morgan fingerprint density at radius 1 is 1.14 bits per heavy atom. The summed E-state index contributed by atoms with van der Waals surface area (Å²) in [4.78, 5) is 4.96. The number of hydrogen-bond acceptors (Lipinski definition) is 5. The van der Waals surface area contributed by atoms with Crippen molar-refractivity contribution in [1.29, 1.82) is 0 Å². The molecule has 0 radical (unpaired) electrons. The molecule has 21 heavy (non-hydrogen) atoms. The molecular formula is C16H27N5. The Labute approximate surface area is 127 Å². The van der Waals surface area contributed by atoms with E-state index in [1.54, 1.807) is 0 Å². The number of rotatable bonds is 7. The molecule has 116 valence electrons. The van der Waals surface area contributed by atoms with Crippen LogP contribution >= 0.6 is 0 Å². The van der Waals surface area contributed by atoms with Crippen molar-refractivity contribution < 1.29 is 0 Å². The molecule has 3 rings (SSSR count). The van der Waals surface area contributed by atoms with Gasteiger partial charge in [0.25, 0.3) is 0 Å². The lowest BCUT2D eigenvalue weighted by Crippen LogP contribution is -2.47. The van der Waals surface area contributed by atoms with Crippen molar-refractivity contribution in [2.24, 2.45) is 5.92 Å². The van der Waals surface area contributed by atoms with E-state index in [1.165, 1.54) is 19.4 Å². The third-order valence-electron chi connectivity index (χ3n) is 4.35. The summed E-state index contributed by atoms with van der Waals surface area (Å²) in [7, 11) is 0. The van der Waals surface area contributed by atoms with Gasteiger partial charge in [-0.25, -0.2) is 0 Å². The maximum Gasteiger partial charge on any atom is 0.151 e. The predicted molar refractivity (Wildman–Crippen MR) is 85.4 cm³/mol. The molecule has 1 aliphatic carbocycles. The molecule has 0 spiro atoms. The van der Waals surface area contributed by atoms with Crippen LogP contribution in [0.1, 0.15) is 31.9 Å². The van der Waals surface area contributed by atoms with E-state index in [-0.39, 0.29) is 0 Å². The Balaban J connectivity index is 1.45. The van der Waals surface area contributed by atoms with Gasteiger partial charge in [-0.1, -0.05) is 6.92 Å². The van der Waals surface area contributed by atoms with Gasteiger partial charge in [0.05, 0.1) is 5.69 Å². The minimum Gasteiger partial charge on any atom is -0.353 e. The number of anilines is 1. The van der Waals surface area contributed by atoms with Crippen molar-refractivity contribution in [1.82, 2.24) is 20.4 Å². The number of nitrogens with one attached hydrogen (secondary N) is 1. The molecule has 1 saturated heterocycles. The Morgan fingerprint density at radius 2 is 1.95 bits per heavy atom. The maximum atomic E-state index is 4.40. The number of hydrogen-bond donors (Lipinski definition) is 1. The highest BCUT2D eigenvalue weighted by Crippen LogP contribution is 2.30. The van der Waals surface area contributed by atoms with Crippen LogP contribution in [-0.2, 0) is 6.54 Å². The van der Waals surface area contributed by atoms with Crippen LogP contribution in [0.2, 0.25) is 0 Å². The highest BCUT2D eigenvalue weighted by atomic mass is 15.3. The van der Waals surface area contributed by atoms with Crippen LogP contribution in [0.15, 0.2) is 12.1 Å². The number of piperazine rings is 1. The summed E-state index contributed by atoms with van der Waals surface area (Å²) in [5.41, 5.74) is 1.03. The molecule has 1 aromatic rings. The summed E-state index contributed by atoms with van der Waals surface area (Å²) < 4.78 is 0. The minimum atomic E-state index is 0.816. The normalized spacial score (nSPS) is 20.0. The third kappa shape index (κ3) is 4.38. The monoisotopic (exact) mass is 289 g/mol. The molecule has 0 aromatic carbocycles. The number of nitrogens with zero attached hydrogens (tertiary/aromatic N) is 4. The van der Waals surface area contributed by atoms with Crippen LogP contribution in [0.5, 0.6) is 0 Å². The predicted octanol–water partition coefficient (Wildman–Crippen LogP) is 1.51. The quantitative estimate of drug-likeness (QED) is 0.771. The number of aromatic nitrogens is 2. The zero-order chi connectivity index (χ0) is 14.5. The van der Waals surface area contributed by atoms with Gasteiger partial charge < -0.3 is 10.2 Å². The van der Waals surface area contributed by atoms with E-state index >= 15 is 0 Å². The second-order valence-electron chi connectivity index (χ2n) is 6.29. The summed E-state index contributed by atoms with van der Waals surface area (Å²) in [6.45, 7) is 9.81. The molecule has 5 heteroatoms. The summed E-state index contributed by atoms with van der Waals surface area (Å²) in [5.74, 6) is 2.02. The van der Waals surface area contributed by atoms with Gasteiger partial charge in [-0.2, -0.15) is 5.10 Å². The molecule has 1 N–H and O–H groups in total. The average Bonchev–Trinajstić information content (AvgIpc) is 3.33. The second-order valence-corrected chi connectivity index (χ2v) is 6.29. The molecule has 2 heterocycles. The van der Waals surface area contributed by atoms with E-state index in [9.17, 15) is 0 Å². The van der Waals surface area contributed by atoms with Crippen molar-refractivity contribution >= 4 is 5.82 Å². The summed E-state index contributed by atoms with van der Waals surface area (Å²) in [6.07, 6.45) is 4.04. The zero-order valence-corrected chi connectivity index (χ0v) is 13.1. The molecule has 2 aliphatic rings. The van der Waals surface area contributed by atoms with Gasteiger partial charge in [-0.3, -0.25) is 4.90 Å². The largest absolute Gasteiger partial charge is 0.353 e. The van der Waals surface area contributed by atoms with Crippen molar-refractivity contribution in [3.05, 3.63) is 17.8 Å². The lowest BCUT2D eigenvalue weighted by atomic mass is 10.2. The van der Waals surface area contributed by atoms with Crippen LogP contribution in [0, 0.1) is 5.92 Å². The molecule has 0 atom stereocenters. The third-order valence-corrected chi connectivity index (χ3v) is 4.35. The van der Waals surface area contributed by atoms with Crippen molar-refractivity contribution in [2.45, 2.75) is 32.7 Å². The first-order chi connectivity index (χ1) is 10.3. The summed E-state index contributed by atoms with van der Waals surface area (Å²) >= 11 is 0. The molecular weight excluding hydrogens is 262 g/mol. The fourth-order valence-electron chi connectivity index (χ4n) is 2.83. The SMILES string of the molecule is CCCNCc1ccc(N2CCN(CC3CC3)CC2)nn1. The van der Waals surface area contributed by atoms with Crippen LogP contribution in [-0.4, -0.2) is 54.4 Å². The van der Waals surface area contributed by atoms with Gasteiger partial charge in [-0.05, 0) is 43.9 Å². The fraction of sp³-hybridized carbons (Fsp3) is 0.750. The van der Waals surface area contributed by atoms with E-state index in [0.717, 1.165) is 63.1 Å². The summed E-state index contributed by atoms with van der Waals surface area (Å²) in [5, 5.41) is 12.1. The van der Waals surface area contributed by atoms with E-state index in [4.69, 9.17) is 0 Å². The molecule has 0 unspecified atom stereocenters. The van der Waals surface area contributed by atoms with Crippen molar-refractivity contribution in [2.75, 3.05) is 44.2 Å². The first-order valence-electron chi connectivity index (χ1n) is 8.36. The molecule has 1 aromatic heterocycles. The smallest absolute Gasteiger partial charge is 0.151 e. The van der Waals surface area contributed by atoms with Gasteiger partial charge >= 0.3 is 0 Å². The second kappa shape index (κ2) is 7.18. The Hall–Kier alpha value is -1.20. The van der Waals surface area contributed by atoms with Crippen LogP contribution in [0.3, 0.4) is 0 Å². The minimum absolute atomic E-state index is 0.816. The van der Waals surface area contributed by atoms with Gasteiger partial charge in [0, 0.05) is 39.3 Å².